The highest BCUT2D eigenvalue weighted by molar-refractivity contribution is 7.89. The maximum Gasteiger partial charge on any atom is 0.247 e. The number of nitrogens with zero attached hydrogens (tertiary/aromatic N) is 6. The third-order valence-electron chi connectivity index (χ3n) is 5.48. The van der Waals surface area contributed by atoms with E-state index in [1.807, 2.05) is 12.1 Å². The van der Waals surface area contributed by atoms with Gasteiger partial charge in [-0.3, -0.25) is 4.68 Å². The van der Waals surface area contributed by atoms with Crippen molar-refractivity contribution in [2.45, 2.75) is 56.9 Å². The first-order chi connectivity index (χ1) is 13.1. The zero-order valence-corrected chi connectivity index (χ0v) is 17.7. The van der Waals surface area contributed by atoms with E-state index in [9.17, 15) is 8.42 Å². The van der Waals surface area contributed by atoms with Crippen molar-refractivity contribution >= 4 is 15.7 Å². The van der Waals surface area contributed by atoms with Crippen molar-refractivity contribution < 1.29 is 8.42 Å². The first kappa shape index (κ1) is 19.1. The molecule has 0 bridgehead atoms. The minimum atomic E-state index is -3.65. The predicted molar refractivity (Wildman–Crippen MR) is 105 cm³/mol. The lowest BCUT2D eigenvalue weighted by molar-refractivity contribution is 0.384. The molecular weight excluding hydrogens is 376 g/mol. The first-order valence-electron chi connectivity index (χ1n) is 9.46. The van der Waals surface area contributed by atoms with Crippen molar-refractivity contribution in [1.29, 1.82) is 0 Å². The molecule has 0 radical (unpaired) electrons. The van der Waals surface area contributed by atoms with E-state index in [4.69, 9.17) is 5.10 Å². The van der Waals surface area contributed by atoms with Crippen LogP contribution in [-0.2, 0) is 22.5 Å². The molecule has 0 amide bonds. The topological polar surface area (TPSA) is 85.4 Å². The van der Waals surface area contributed by atoms with Gasteiger partial charge in [-0.25, -0.2) is 17.9 Å². The Morgan fingerprint density at radius 2 is 2.00 bits per heavy atom. The van der Waals surface area contributed by atoms with Gasteiger partial charge in [-0.05, 0) is 25.8 Å². The van der Waals surface area contributed by atoms with E-state index >= 15 is 0 Å². The standard InChI is InChI=1S/C19H26N6O2S/c1-13-16(12-21-23(13)5)28(26,27)24-10-6-7-14(24)15-8-9-20-18-11-17(19(2,3)4)22-25(15)18/h8-9,11-12,14H,6-7,10H2,1-5H3/t14-/m0/s1. The molecule has 28 heavy (non-hydrogen) atoms. The number of aryl methyl sites for hydroxylation is 1. The van der Waals surface area contributed by atoms with Crippen LogP contribution in [0.25, 0.3) is 5.65 Å². The molecule has 1 aliphatic rings. The summed E-state index contributed by atoms with van der Waals surface area (Å²) >= 11 is 0. The number of hydrogen-bond acceptors (Lipinski definition) is 5. The Hall–Kier alpha value is -2.26. The molecule has 3 aromatic heterocycles. The smallest absolute Gasteiger partial charge is 0.247 e. The molecular formula is C19H26N6O2S. The average molecular weight is 403 g/mol. The molecule has 1 saturated heterocycles. The summed E-state index contributed by atoms with van der Waals surface area (Å²) < 4.78 is 31.7. The maximum atomic E-state index is 13.4. The lowest BCUT2D eigenvalue weighted by atomic mass is 9.93. The molecule has 1 fully saturated rings. The Labute approximate surface area is 165 Å². The van der Waals surface area contributed by atoms with Crippen LogP contribution in [0.4, 0.5) is 0 Å². The third kappa shape index (κ3) is 2.93. The van der Waals surface area contributed by atoms with E-state index in [0.29, 0.717) is 12.2 Å². The Bertz CT molecular complexity index is 1140. The van der Waals surface area contributed by atoms with Crippen molar-refractivity contribution in [3.8, 4) is 0 Å². The monoisotopic (exact) mass is 402 g/mol. The summed E-state index contributed by atoms with van der Waals surface area (Å²) in [5.41, 5.74) is 3.05. The summed E-state index contributed by atoms with van der Waals surface area (Å²) in [6, 6.07) is 3.58. The largest absolute Gasteiger partial charge is 0.272 e. The minimum Gasteiger partial charge on any atom is -0.272 e. The van der Waals surface area contributed by atoms with Crippen molar-refractivity contribution in [2.75, 3.05) is 6.54 Å². The highest BCUT2D eigenvalue weighted by Crippen LogP contribution is 2.37. The molecule has 9 heteroatoms. The lowest BCUT2D eigenvalue weighted by Gasteiger charge is -2.24. The van der Waals surface area contributed by atoms with Gasteiger partial charge in [0.2, 0.25) is 10.0 Å². The second-order valence-electron chi connectivity index (χ2n) is 8.41. The molecule has 0 N–H and O–H groups in total. The molecule has 0 saturated carbocycles. The molecule has 3 aromatic rings. The summed E-state index contributed by atoms with van der Waals surface area (Å²) in [4.78, 5) is 4.70. The maximum absolute atomic E-state index is 13.4. The SMILES string of the molecule is Cc1c(S(=O)(=O)N2CCC[C@H]2c2ccnc3cc(C(C)(C)C)nn23)cnn1C. The third-order valence-corrected chi connectivity index (χ3v) is 7.49. The van der Waals surface area contributed by atoms with Gasteiger partial charge >= 0.3 is 0 Å². The van der Waals surface area contributed by atoms with E-state index in [0.717, 1.165) is 29.9 Å². The summed E-state index contributed by atoms with van der Waals surface area (Å²) in [7, 11) is -1.90. The second kappa shape index (κ2) is 6.38. The number of rotatable bonds is 3. The van der Waals surface area contributed by atoms with Crippen molar-refractivity contribution in [1.82, 2.24) is 28.7 Å². The van der Waals surface area contributed by atoms with Crippen LogP contribution in [-0.4, -0.2) is 43.6 Å². The Morgan fingerprint density at radius 3 is 2.64 bits per heavy atom. The summed E-state index contributed by atoms with van der Waals surface area (Å²) in [6.45, 7) is 8.57. The van der Waals surface area contributed by atoms with Crippen molar-refractivity contribution in [3.63, 3.8) is 0 Å². The minimum absolute atomic E-state index is 0.112. The van der Waals surface area contributed by atoms with Gasteiger partial charge in [-0.15, -0.1) is 0 Å². The van der Waals surface area contributed by atoms with Crippen LogP contribution in [0.2, 0.25) is 0 Å². The van der Waals surface area contributed by atoms with Crippen LogP contribution >= 0.6 is 0 Å². The fourth-order valence-corrected chi connectivity index (χ4v) is 5.57. The second-order valence-corrected chi connectivity index (χ2v) is 10.3. The Balaban J connectivity index is 1.81. The molecule has 0 unspecified atom stereocenters. The van der Waals surface area contributed by atoms with E-state index in [2.05, 4.69) is 30.9 Å². The predicted octanol–water partition coefficient (Wildman–Crippen LogP) is 2.59. The van der Waals surface area contributed by atoms with Gasteiger partial charge in [-0.2, -0.15) is 14.5 Å². The molecule has 0 spiro atoms. The van der Waals surface area contributed by atoms with Crippen LogP contribution in [0.5, 0.6) is 0 Å². The zero-order chi connectivity index (χ0) is 20.3. The molecule has 0 aliphatic carbocycles. The van der Waals surface area contributed by atoms with Gasteiger partial charge in [0.05, 0.1) is 29.3 Å². The highest BCUT2D eigenvalue weighted by atomic mass is 32.2. The van der Waals surface area contributed by atoms with Gasteiger partial charge in [-0.1, -0.05) is 20.8 Å². The van der Waals surface area contributed by atoms with Gasteiger partial charge in [0.25, 0.3) is 0 Å². The van der Waals surface area contributed by atoms with Gasteiger partial charge in [0.1, 0.15) is 4.90 Å². The molecule has 4 rings (SSSR count). The van der Waals surface area contributed by atoms with Crippen LogP contribution in [0.15, 0.2) is 29.4 Å². The fraction of sp³-hybridized carbons (Fsp3) is 0.526. The van der Waals surface area contributed by atoms with E-state index in [-0.39, 0.29) is 16.4 Å². The van der Waals surface area contributed by atoms with Crippen LogP contribution in [0.1, 0.15) is 56.7 Å². The average Bonchev–Trinajstić information content (AvgIpc) is 3.33. The van der Waals surface area contributed by atoms with Crippen molar-refractivity contribution in [3.05, 3.63) is 41.6 Å². The van der Waals surface area contributed by atoms with Crippen molar-refractivity contribution in [2.24, 2.45) is 7.05 Å². The number of sulfonamides is 1. The highest BCUT2D eigenvalue weighted by Gasteiger charge is 2.39. The molecule has 8 nitrogen and oxygen atoms in total. The lowest BCUT2D eigenvalue weighted by Crippen LogP contribution is -2.32. The molecule has 1 aliphatic heterocycles. The quantitative estimate of drug-likeness (QED) is 0.672. The van der Waals surface area contributed by atoms with Crippen LogP contribution in [0.3, 0.4) is 0 Å². The van der Waals surface area contributed by atoms with E-state index < -0.39 is 10.0 Å². The van der Waals surface area contributed by atoms with Crippen LogP contribution in [0, 0.1) is 6.92 Å². The van der Waals surface area contributed by atoms with E-state index in [1.165, 1.54) is 6.20 Å². The normalized spacial score (nSPS) is 19.0. The molecule has 1 atom stereocenters. The summed E-state index contributed by atoms with van der Waals surface area (Å²) in [6.07, 6.45) is 4.73. The van der Waals surface area contributed by atoms with Crippen LogP contribution < -0.4 is 0 Å². The first-order valence-corrected chi connectivity index (χ1v) is 10.9. The van der Waals surface area contributed by atoms with Gasteiger partial charge in [0, 0.05) is 31.3 Å². The number of hydrogen-bond donors (Lipinski definition) is 0. The molecule has 150 valence electrons. The molecule has 0 aromatic carbocycles. The fourth-order valence-electron chi connectivity index (χ4n) is 3.71. The van der Waals surface area contributed by atoms with Gasteiger partial charge in [0.15, 0.2) is 5.65 Å². The number of aromatic nitrogens is 5. The molecule has 4 heterocycles. The number of fused-ring (bicyclic) bond motifs is 1. The zero-order valence-electron chi connectivity index (χ0n) is 16.9. The van der Waals surface area contributed by atoms with E-state index in [1.54, 1.807) is 33.7 Å². The summed E-state index contributed by atoms with van der Waals surface area (Å²) in [5.74, 6) is 0. The Kier molecular flexibility index (Phi) is 4.35. The van der Waals surface area contributed by atoms with Gasteiger partial charge < -0.3 is 0 Å². The Morgan fingerprint density at radius 1 is 1.25 bits per heavy atom. The summed E-state index contributed by atoms with van der Waals surface area (Å²) in [5, 5.41) is 8.87.